The summed E-state index contributed by atoms with van der Waals surface area (Å²) in [5, 5.41) is 0. The molecule has 1 aromatic carbocycles. The van der Waals surface area contributed by atoms with Crippen molar-refractivity contribution in [3.8, 4) is 0 Å². The second-order valence-electron chi connectivity index (χ2n) is 1.78. The van der Waals surface area contributed by atoms with Crippen LogP contribution in [0.3, 0.4) is 0 Å². The van der Waals surface area contributed by atoms with Gasteiger partial charge < -0.3 is 0 Å². The van der Waals surface area contributed by atoms with E-state index in [1.54, 1.807) is 0 Å². The van der Waals surface area contributed by atoms with E-state index in [0.717, 1.165) is 6.07 Å². The van der Waals surface area contributed by atoms with E-state index in [9.17, 15) is 8.78 Å². The van der Waals surface area contributed by atoms with Crippen LogP contribution in [-0.2, 0) is 0 Å². The molecule has 0 aliphatic carbocycles. The molecule has 0 radical (unpaired) electrons. The Hall–Kier alpha value is 0.586. The summed E-state index contributed by atoms with van der Waals surface area (Å²) in [6.45, 7) is 3.36. The Bertz CT molecular complexity index is 172. The predicted octanol–water partition coefficient (Wildman–Crippen LogP) is -0.849. The minimum absolute atomic E-state index is 0. The van der Waals surface area contributed by atoms with E-state index >= 15 is 0 Å². The number of hydrogen-bond acceptors (Lipinski definition) is 0. The average Bonchev–Trinajstić information content (AvgIpc) is 1.59. The second kappa shape index (κ2) is 4.46. The predicted molar refractivity (Wildman–Crippen MR) is 30.8 cm³/mol. The van der Waals surface area contributed by atoms with Crippen molar-refractivity contribution < 1.29 is 60.2 Å². The van der Waals surface area contributed by atoms with Crippen LogP contribution in [0.4, 0.5) is 8.78 Å². The van der Waals surface area contributed by atoms with Crippen molar-refractivity contribution in [2.45, 2.75) is 0 Å². The molecule has 1 aromatic rings. The largest absolute Gasteiger partial charge is 1.00 e. The minimum Gasteiger partial charge on any atom is -0.221 e. The summed E-state index contributed by atoms with van der Waals surface area (Å²) in [4.78, 5) is 0. The van der Waals surface area contributed by atoms with E-state index < -0.39 is 11.6 Å². The normalized spacial score (nSPS) is 8.60. The fraction of sp³-hybridized carbons (Fsp3) is 0. The van der Waals surface area contributed by atoms with Crippen molar-refractivity contribution in [3.63, 3.8) is 0 Å². The molecular formula is C7H5F2K. The maximum absolute atomic E-state index is 12.1. The maximum Gasteiger partial charge on any atom is 1.00 e. The molecule has 10 heavy (non-hydrogen) atoms. The molecule has 0 aromatic heterocycles. The van der Waals surface area contributed by atoms with Gasteiger partial charge in [0, 0.05) is 0 Å². The zero-order valence-corrected chi connectivity index (χ0v) is 8.82. The van der Waals surface area contributed by atoms with Gasteiger partial charge in [0.2, 0.25) is 0 Å². The van der Waals surface area contributed by atoms with Crippen LogP contribution >= 0.6 is 0 Å². The Balaban J connectivity index is 0.000000810. The van der Waals surface area contributed by atoms with Gasteiger partial charge in [0.15, 0.2) is 0 Å². The van der Waals surface area contributed by atoms with Gasteiger partial charge in [-0.2, -0.15) is 12.5 Å². The first-order valence-electron chi connectivity index (χ1n) is 2.46. The molecule has 0 nitrogen and oxygen atoms in total. The van der Waals surface area contributed by atoms with Crippen molar-refractivity contribution in [2.24, 2.45) is 0 Å². The first-order valence-corrected chi connectivity index (χ1v) is 2.46. The van der Waals surface area contributed by atoms with Crippen LogP contribution in [-0.4, -0.2) is 0 Å². The number of hydrogen-bond donors (Lipinski definition) is 0. The third kappa shape index (κ3) is 3.12. The third-order valence-corrected chi connectivity index (χ3v) is 0.922. The Morgan fingerprint density at radius 2 is 1.40 bits per heavy atom. The monoisotopic (exact) mass is 166 g/mol. The molecule has 0 saturated heterocycles. The second-order valence-corrected chi connectivity index (χ2v) is 1.78. The molecule has 0 spiro atoms. The van der Waals surface area contributed by atoms with Crippen molar-refractivity contribution >= 4 is 0 Å². The maximum atomic E-state index is 12.1. The smallest absolute Gasteiger partial charge is 0.221 e. The van der Waals surface area contributed by atoms with Crippen LogP contribution in [0.15, 0.2) is 18.2 Å². The van der Waals surface area contributed by atoms with Crippen LogP contribution in [0.1, 0.15) is 5.56 Å². The van der Waals surface area contributed by atoms with Gasteiger partial charge in [-0.05, 0) is 6.07 Å². The Morgan fingerprint density at radius 3 is 1.70 bits per heavy atom. The molecule has 0 aliphatic heterocycles. The van der Waals surface area contributed by atoms with Crippen LogP contribution < -0.4 is 51.4 Å². The molecule has 0 heterocycles. The summed E-state index contributed by atoms with van der Waals surface area (Å²) in [6.07, 6.45) is 0. The Labute approximate surface area is 101 Å². The molecule has 0 unspecified atom stereocenters. The van der Waals surface area contributed by atoms with Gasteiger partial charge >= 0.3 is 51.4 Å². The van der Waals surface area contributed by atoms with E-state index in [4.69, 9.17) is 0 Å². The van der Waals surface area contributed by atoms with Gasteiger partial charge in [0.25, 0.3) is 0 Å². The molecule has 3 heteroatoms. The molecule has 0 bridgehead atoms. The first kappa shape index (κ1) is 10.6. The molecular weight excluding hydrogens is 161 g/mol. The topological polar surface area (TPSA) is 0 Å². The molecule has 0 aliphatic rings. The van der Waals surface area contributed by atoms with Crippen LogP contribution in [0.5, 0.6) is 0 Å². The van der Waals surface area contributed by atoms with E-state index in [1.807, 2.05) is 0 Å². The van der Waals surface area contributed by atoms with Crippen LogP contribution in [0.25, 0.3) is 0 Å². The molecule has 0 saturated carbocycles. The number of halogens is 2. The van der Waals surface area contributed by atoms with E-state index in [2.05, 4.69) is 6.92 Å². The van der Waals surface area contributed by atoms with E-state index in [-0.39, 0.29) is 51.4 Å². The minimum atomic E-state index is -0.583. The van der Waals surface area contributed by atoms with Gasteiger partial charge in [0.1, 0.15) is 0 Å². The van der Waals surface area contributed by atoms with Gasteiger partial charge in [0.05, 0.1) is 11.6 Å². The SMILES string of the molecule is [CH2-]c1cc(F)cc(F)c1.[K+]. The molecule has 1 rings (SSSR count). The molecule has 0 fully saturated rings. The molecule has 0 atom stereocenters. The van der Waals surface area contributed by atoms with Gasteiger partial charge in [-0.1, -0.05) is 0 Å². The van der Waals surface area contributed by atoms with Gasteiger partial charge in [-0.3, -0.25) is 0 Å². The summed E-state index contributed by atoms with van der Waals surface area (Å²) in [5.74, 6) is -1.17. The Kier molecular flexibility index (Phi) is 4.72. The fourth-order valence-corrected chi connectivity index (χ4v) is 0.611. The first-order chi connectivity index (χ1) is 4.18. The summed E-state index contributed by atoms with van der Waals surface area (Å²) >= 11 is 0. The summed E-state index contributed by atoms with van der Waals surface area (Å²) in [7, 11) is 0. The molecule has 48 valence electrons. The third-order valence-electron chi connectivity index (χ3n) is 0.922. The zero-order chi connectivity index (χ0) is 6.85. The zero-order valence-electron chi connectivity index (χ0n) is 5.70. The van der Waals surface area contributed by atoms with Crippen molar-refractivity contribution in [1.29, 1.82) is 0 Å². The van der Waals surface area contributed by atoms with E-state index in [1.165, 1.54) is 12.1 Å². The van der Waals surface area contributed by atoms with Crippen LogP contribution in [0, 0.1) is 18.6 Å². The summed E-state index contributed by atoms with van der Waals surface area (Å²) in [6, 6.07) is 3.15. The Morgan fingerprint density at radius 1 is 1.00 bits per heavy atom. The molecule has 0 amide bonds. The number of benzene rings is 1. The average molecular weight is 166 g/mol. The standard InChI is InChI=1S/C7H5F2.K/c1-5-2-6(8)4-7(9)3-5;/h2-4H,1H2;/q-1;+1. The van der Waals surface area contributed by atoms with E-state index in [0.29, 0.717) is 5.56 Å². The van der Waals surface area contributed by atoms with Crippen LogP contribution in [0.2, 0.25) is 0 Å². The summed E-state index contributed by atoms with van der Waals surface area (Å²) in [5.41, 5.74) is 0.354. The van der Waals surface area contributed by atoms with Crippen molar-refractivity contribution in [3.05, 3.63) is 42.3 Å². The van der Waals surface area contributed by atoms with Gasteiger partial charge in [-0.15, -0.1) is 12.1 Å². The quantitative estimate of drug-likeness (QED) is 0.348. The van der Waals surface area contributed by atoms with Crippen molar-refractivity contribution in [1.82, 2.24) is 0 Å². The van der Waals surface area contributed by atoms with Crippen molar-refractivity contribution in [2.75, 3.05) is 0 Å². The number of rotatable bonds is 0. The molecule has 0 N–H and O–H groups in total. The van der Waals surface area contributed by atoms with Gasteiger partial charge in [-0.25, -0.2) is 8.78 Å². The summed E-state index contributed by atoms with van der Waals surface area (Å²) < 4.78 is 24.3. The fourth-order valence-electron chi connectivity index (χ4n) is 0.611.